The van der Waals surface area contributed by atoms with Crippen molar-refractivity contribution in [2.45, 2.75) is 4.90 Å². The third-order valence-electron chi connectivity index (χ3n) is 3.12. The summed E-state index contributed by atoms with van der Waals surface area (Å²) in [5.74, 6) is 0.424. The van der Waals surface area contributed by atoms with Crippen molar-refractivity contribution in [3.05, 3.63) is 48.0 Å². The highest BCUT2D eigenvalue weighted by Gasteiger charge is 2.11. The van der Waals surface area contributed by atoms with E-state index in [1.807, 2.05) is 41.2 Å². The van der Waals surface area contributed by atoms with Crippen LogP contribution in [0.1, 0.15) is 5.56 Å². The molecule has 0 aliphatic rings. The minimum absolute atomic E-state index is 0.424. The Morgan fingerprint density at radius 2 is 2.10 bits per heavy atom. The fourth-order valence-electron chi connectivity index (χ4n) is 2.18. The number of nitriles is 1. The molecule has 1 heterocycles. The van der Waals surface area contributed by atoms with Crippen LogP contribution in [0.3, 0.4) is 0 Å². The fourth-order valence-corrected chi connectivity index (χ4v) is 2.64. The largest absolute Gasteiger partial charge is 0.369 e. The molecule has 0 saturated heterocycles. The molecule has 0 atom stereocenters. The smallest absolute Gasteiger partial charge is 0.205 e. The minimum atomic E-state index is 0.424. The van der Waals surface area contributed by atoms with Crippen molar-refractivity contribution < 1.29 is 0 Å². The number of hydrogen-bond acceptors (Lipinski definition) is 4. The lowest BCUT2D eigenvalue weighted by Gasteiger charge is -2.08. The van der Waals surface area contributed by atoms with Gasteiger partial charge in [-0.25, -0.2) is 4.98 Å². The van der Waals surface area contributed by atoms with Gasteiger partial charge in [-0.15, -0.1) is 11.8 Å². The Morgan fingerprint density at radius 3 is 2.85 bits per heavy atom. The highest BCUT2D eigenvalue weighted by molar-refractivity contribution is 7.98. The van der Waals surface area contributed by atoms with E-state index < -0.39 is 0 Å². The molecule has 0 aliphatic heterocycles. The maximum atomic E-state index is 9.03. The number of fused-ring (bicyclic) bond motifs is 1. The van der Waals surface area contributed by atoms with Crippen molar-refractivity contribution in [1.82, 2.24) is 9.55 Å². The Bertz CT molecular complexity index is 829. The first-order valence-electron chi connectivity index (χ1n) is 6.05. The first-order chi connectivity index (χ1) is 9.72. The van der Waals surface area contributed by atoms with E-state index in [-0.39, 0.29) is 0 Å². The van der Waals surface area contributed by atoms with Crippen LogP contribution in [0.4, 0.5) is 5.95 Å². The van der Waals surface area contributed by atoms with Crippen molar-refractivity contribution in [3.8, 4) is 11.8 Å². The number of imidazole rings is 1. The van der Waals surface area contributed by atoms with Crippen molar-refractivity contribution in [1.29, 1.82) is 5.26 Å². The van der Waals surface area contributed by atoms with Crippen molar-refractivity contribution in [2.24, 2.45) is 0 Å². The summed E-state index contributed by atoms with van der Waals surface area (Å²) in [7, 11) is 0. The van der Waals surface area contributed by atoms with Crippen LogP contribution in [-0.4, -0.2) is 15.8 Å². The highest BCUT2D eigenvalue weighted by atomic mass is 32.2. The summed E-state index contributed by atoms with van der Waals surface area (Å²) in [5.41, 5.74) is 9.21. The predicted octanol–water partition coefficient (Wildman–Crippen LogP) is 3.20. The molecule has 20 heavy (non-hydrogen) atoms. The van der Waals surface area contributed by atoms with E-state index in [1.165, 1.54) is 0 Å². The molecule has 0 spiro atoms. The molecule has 0 amide bonds. The molecule has 1 aromatic heterocycles. The summed E-state index contributed by atoms with van der Waals surface area (Å²) in [6, 6.07) is 15.6. The van der Waals surface area contributed by atoms with E-state index in [4.69, 9.17) is 11.0 Å². The molecule has 0 bridgehead atoms. The van der Waals surface area contributed by atoms with E-state index in [2.05, 4.69) is 17.1 Å². The molecule has 0 unspecified atom stereocenters. The Kier molecular flexibility index (Phi) is 3.09. The Labute approximate surface area is 120 Å². The zero-order chi connectivity index (χ0) is 14.1. The molecule has 2 N–H and O–H groups in total. The number of benzene rings is 2. The molecule has 5 heteroatoms. The number of thioether (sulfide) groups is 1. The van der Waals surface area contributed by atoms with Gasteiger partial charge in [0.2, 0.25) is 5.95 Å². The van der Waals surface area contributed by atoms with Gasteiger partial charge in [-0.1, -0.05) is 6.07 Å². The molecule has 0 aliphatic carbocycles. The van der Waals surface area contributed by atoms with Crippen LogP contribution in [0.15, 0.2) is 47.4 Å². The lowest BCUT2D eigenvalue weighted by molar-refractivity contribution is 1.10. The second-order valence-electron chi connectivity index (χ2n) is 4.32. The number of nitrogen functional groups attached to an aromatic ring is 1. The number of nitrogens with zero attached hydrogens (tertiary/aromatic N) is 3. The van der Waals surface area contributed by atoms with Gasteiger partial charge in [0, 0.05) is 4.90 Å². The van der Waals surface area contributed by atoms with Crippen LogP contribution in [0.2, 0.25) is 0 Å². The maximum absolute atomic E-state index is 9.03. The van der Waals surface area contributed by atoms with Gasteiger partial charge >= 0.3 is 0 Å². The molecule has 0 radical (unpaired) electrons. The molecule has 98 valence electrons. The van der Waals surface area contributed by atoms with E-state index in [1.54, 1.807) is 17.8 Å². The van der Waals surface area contributed by atoms with Gasteiger partial charge in [-0.3, -0.25) is 4.57 Å². The predicted molar refractivity (Wildman–Crippen MR) is 82.0 cm³/mol. The second kappa shape index (κ2) is 4.91. The number of rotatable bonds is 2. The van der Waals surface area contributed by atoms with Crippen molar-refractivity contribution >= 4 is 28.7 Å². The molecular weight excluding hydrogens is 268 g/mol. The minimum Gasteiger partial charge on any atom is -0.369 e. The van der Waals surface area contributed by atoms with Crippen molar-refractivity contribution in [3.63, 3.8) is 0 Å². The standard InChI is InChI=1S/C15H12N4S/c1-20-12-4-2-3-11(8-12)19-14-7-10(9-16)5-6-13(14)18-15(19)17/h2-8H,1H3,(H2,17,18). The lowest BCUT2D eigenvalue weighted by atomic mass is 10.2. The average Bonchev–Trinajstić information content (AvgIpc) is 2.82. The summed E-state index contributed by atoms with van der Waals surface area (Å²) in [5, 5.41) is 9.03. The van der Waals surface area contributed by atoms with E-state index in [0.717, 1.165) is 21.6 Å². The lowest BCUT2D eigenvalue weighted by Crippen LogP contribution is -2.00. The molecule has 0 saturated carbocycles. The van der Waals surface area contributed by atoms with Gasteiger partial charge in [0.15, 0.2) is 0 Å². The monoisotopic (exact) mass is 280 g/mol. The summed E-state index contributed by atoms with van der Waals surface area (Å²) in [6.07, 6.45) is 2.03. The van der Waals surface area contributed by atoms with Crippen LogP contribution >= 0.6 is 11.8 Å². The molecule has 0 fully saturated rings. The van der Waals surface area contributed by atoms with Crippen LogP contribution in [-0.2, 0) is 0 Å². The van der Waals surface area contributed by atoms with Gasteiger partial charge in [0.1, 0.15) is 0 Å². The zero-order valence-corrected chi connectivity index (χ0v) is 11.7. The molecule has 2 aromatic carbocycles. The molecule has 4 nitrogen and oxygen atoms in total. The molecule has 3 aromatic rings. The quantitative estimate of drug-likeness (QED) is 0.732. The highest BCUT2D eigenvalue weighted by Crippen LogP contribution is 2.26. The van der Waals surface area contributed by atoms with Crippen molar-refractivity contribution in [2.75, 3.05) is 12.0 Å². The Balaban J connectivity index is 2.29. The first-order valence-corrected chi connectivity index (χ1v) is 7.28. The maximum Gasteiger partial charge on any atom is 0.205 e. The number of hydrogen-bond donors (Lipinski definition) is 1. The van der Waals surface area contributed by atoms with Gasteiger partial charge in [0.25, 0.3) is 0 Å². The van der Waals surface area contributed by atoms with Gasteiger partial charge in [0.05, 0.1) is 28.4 Å². The van der Waals surface area contributed by atoms with Gasteiger partial charge < -0.3 is 5.73 Å². The third kappa shape index (κ3) is 2.00. The SMILES string of the molecule is CSc1cccc(-n2c(N)nc3ccc(C#N)cc32)c1. The Hall–Kier alpha value is -2.45. The van der Waals surface area contributed by atoms with Crippen LogP contribution in [0.5, 0.6) is 0 Å². The molecular formula is C15H12N4S. The number of anilines is 1. The normalized spacial score (nSPS) is 10.6. The van der Waals surface area contributed by atoms with Crippen LogP contribution in [0.25, 0.3) is 16.7 Å². The fraction of sp³-hybridized carbons (Fsp3) is 0.0667. The average molecular weight is 280 g/mol. The Morgan fingerprint density at radius 1 is 1.25 bits per heavy atom. The van der Waals surface area contributed by atoms with Crippen LogP contribution in [0, 0.1) is 11.3 Å². The van der Waals surface area contributed by atoms with Gasteiger partial charge in [-0.2, -0.15) is 5.26 Å². The van der Waals surface area contributed by atoms with Crippen LogP contribution < -0.4 is 5.73 Å². The summed E-state index contributed by atoms with van der Waals surface area (Å²) < 4.78 is 1.87. The summed E-state index contributed by atoms with van der Waals surface area (Å²) in [4.78, 5) is 5.50. The first kappa shape index (κ1) is 12.6. The summed E-state index contributed by atoms with van der Waals surface area (Å²) in [6.45, 7) is 0. The third-order valence-corrected chi connectivity index (χ3v) is 3.85. The molecule has 3 rings (SSSR count). The number of aromatic nitrogens is 2. The topological polar surface area (TPSA) is 67.6 Å². The zero-order valence-electron chi connectivity index (χ0n) is 10.9. The van der Waals surface area contributed by atoms with E-state index >= 15 is 0 Å². The second-order valence-corrected chi connectivity index (χ2v) is 5.20. The van der Waals surface area contributed by atoms with E-state index in [0.29, 0.717) is 11.5 Å². The summed E-state index contributed by atoms with van der Waals surface area (Å²) >= 11 is 1.67. The van der Waals surface area contributed by atoms with Gasteiger partial charge in [-0.05, 0) is 42.7 Å². The number of nitrogens with two attached hydrogens (primary N) is 1. The van der Waals surface area contributed by atoms with E-state index in [9.17, 15) is 0 Å².